The molecule has 11 heteroatoms. The molecule has 0 heterocycles. The van der Waals surface area contributed by atoms with E-state index in [0.29, 0.717) is 11.4 Å². The summed E-state index contributed by atoms with van der Waals surface area (Å²) < 4.78 is 30.9. The second kappa shape index (κ2) is 9.09. The predicted molar refractivity (Wildman–Crippen MR) is 114 cm³/mol. The van der Waals surface area contributed by atoms with Crippen LogP contribution in [0.15, 0.2) is 35.2 Å². The van der Waals surface area contributed by atoms with Gasteiger partial charge in [-0.1, -0.05) is 0 Å². The summed E-state index contributed by atoms with van der Waals surface area (Å²) in [5, 5.41) is 16.6. The van der Waals surface area contributed by atoms with E-state index in [4.69, 9.17) is 4.74 Å². The van der Waals surface area contributed by atoms with E-state index in [1.54, 1.807) is 19.9 Å². The van der Waals surface area contributed by atoms with E-state index in [1.807, 2.05) is 0 Å². The number of nitro groups is 1. The van der Waals surface area contributed by atoms with Crippen molar-refractivity contribution < 1.29 is 22.9 Å². The number of amides is 1. The third-order valence-electron chi connectivity index (χ3n) is 4.53. The number of ether oxygens (including phenoxy) is 1. The molecule has 0 aromatic heterocycles. The average molecular weight is 436 g/mol. The molecule has 0 bridgehead atoms. The lowest BCUT2D eigenvalue weighted by Gasteiger charge is -2.17. The number of carbonyl (C=O) groups is 1. The number of hydrogen-bond donors (Lipinski definition) is 2. The van der Waals surface area contributed by atoms with Gasteiger partial charge in [-0.3, -0.25) is 14.9 Å². The van der Waals surface area contributed by atoms with E-state index in [9.17, 15) is 23.3 Å². The van der Waals surface area contributed by atoms with Crippen molar-refractivity contribution in [1.82, 2.24) is 4.31 Å². The number of nitrogens with zero attached hydrogens (tertiary/aromatic N) is 2. The van der Waals surface area contributed by atoms with E-state index in [-0.39, 0.29) is 22.8 Å². The van der Waals surface area contributed by atoms with Gasteiger partial charge in [0.1, 0.15) is 11.4 Å². The lowest BCUT2D eigenvalue weighted by atomic mass is 10.1. The Morgan fingerprint density at radius 3 is 2.40 bits per heavy atom. The minimum absolute atomic E-state index is 0.0319. The fraction of sp³-hybridized carbons (Fsp3) is 0.316. The number of carbonyl (C=O) groups excluding carboxylic acids is 1. The molecule has 0 unspecified atom stereocenters. The van der Waals surface area contributed by atoms with Crippen LogP contribution in [0.25, 0.3) is 0 Å². The number of anilines is 2. The first kappa shape index (κ1) is 23.1. The smallest absolute Gasteiger partial charge is 0.296 e. The van der Waals surface area contributed by atoms with Gasteiger partial charge in [0, 0.05) is 19.8 Å². The molecule has 2 aromatic carbocycles. The first-order valence-electron chi connectivity index (χ1n) is 8.87. The van der Waals surface area contributed by atoms with Crippen molar-refractivity contribution in [3.8, 4) is 5.75 Å². The molecule has 0 saturated carbocycles. The lowest BCUT2D eigenvalue weighted by molar-refractivity contribution is -0.384. The third kappa shape index (κ3) is 5.05. The molecule has 0 aliphatic heterocycles. The fourth-order valence-corrected chi connectivity index (χ4v) is 3.65. The van der Waals surface area contributed by atoms with Gasteiger partial charge >= 0.3 is 0 Å². The molecule has 0 radical (unpaired) electrons. The molecular formula is C19H24N4O6S. The van der Waals surface area contributed by atoms with Crippen molar-refractivity contribution in [1.29, 1.82) is 0 Å². The summed E-state index contributed by atoms with van der Waals surface area (Å²) in [5.41, 5.74) is 1.75. The van der Waals surface area contributed by atoms with Crippen LogP contribution in [0.1, 0.15) is 11.1 Å². The molecule has 2 N–H and O–H groups in total. The zero-order valence-electron chi connectivity index (χ0n) is 17.3. The number of methoxy groups -OCH3 is 1. The molecule has 0 fully saturated rings. The monoisotopic (exact) mass is 436 g/mol. The van der Waals surface area contributed by atoms with Crippen LogP contribution < -0.4 is 15.4 Å². The maximum atomic E-state index is 12.4. The Bertz CT molecular complexity index is 1080. The van der Waals surface area contributed by atoms with Crippen molar-refractivity contribution >= 4 is 33.0 Å². The molecular weight excluding hydrogens is 412 g/mol. The normalized spacial score (nSPS) is 11.3. The first-order chi connectivity index (χ1) is 14.0. The van der Waals surface area contributed by atoms with Gasteiger partial charge in [-0.2, -0.15) is 0 Å². The van der Waals surface area contributed by atoms with Crippen LogP contribution in [0.2, 0.25) is 0 Å². The van der Waals surface area contributed by atoms with E-state index in [2.05, 4.69) is 10.6 Å². The van der Waals surface area contributed by atoms with Gasteiger partial charge in [-0.05, 0) is 49.2 Å². The summed E-state index contributed by atoms with van der Waals surface area (Å²) >= 11 is 0. The zero-order chi connectivity index (χ0) is 22.6. The summed E-state index contributed by atoms with van der Waals surface area (Å²) in [4.78, 5) is 23.1. The standard InChI is InChI=1S/C19H24N4O6S/c1-12-8-15(30(27,28)22(3)4)10-17(13(12)2)20-11-19(24)21-16-7-6-14(29-5)9-18(16)23(25)26/h6-10,20H,11H2,1-5H3,(H,21,24). The van der Waals surface area contributed by atoms with Gasteiger partial charge in [0.2, 0.25) is 15.9 Å². The summed E-state index contributed by atoms with van der Waals surface area (Å²) in [6.07, 6.45) is 0. The first-order valence-corrected chi connectivity index (χ1v) is 10.3. The Hall–Kier alpha value is -3.18. The molecule has 0 aliphatic rings. The van der Waals surface area contributed by atoms with Crippen LogP contribution in [0.3, 0.4) is 0 Å². The van der Waals surface area contributed by atoms with E-state index < -0.39 is 20.9 Å². The number of rotatable bonds is 8. The van der Waals surface area contributed by atoms with Crippen molar-refractivity contribution in [2.75, 3.05) is 38.4 Å². The molecule has 162 valence electrons. The molecule has 1 amide bonds. The minimum atomic E-state index is -3.64. The Labute approximate surface area is 175 Å². The summed E-state index contributed by atoms with van der Waals surface area (Å²) in [5.74, 6) is -0.232. The number of benzene rings is 2. The highest BCUT2D eigenvalue weighted by Gasteiger charge is 2.20. The molecule has 0 aliphatic carbocycles. The van der Waals surface area contributed by atoms with Gasteiger partial charge in [-0.15, -0.1) is 0 Å². The summed E-state index contributed by atoms with van der Waals surface area (Å²) in [7, 11) is 0.618. The molecule has 2 rings (SSSR count). The number of nitro benzene ring substituents is 1. The Morgan fingerprint density at radius 2 is 1.83 bits per heavy atom. The highest BCUT2D eigenvalue weighted by atomic mass is 32.2. The zero-order valence-corrected chi connectivity index (χ0v) is 18.2. The van der Waals surface area contributed by atoms with Crippen LogP contribution in [0, 0.1) is 24.0 Å². The Balaban J connectivity index is 2.21. The Morgan fingerprint density at radius 1 is 1.17 bits per heavy atom. The molecule has 10 nitrogen and oxygen atoms in total. The van der Waals surface area contributed by atoms with E-state index in [1.165, 1.54) is 45.5 Å². The average Bonchev–Trinajstić information content (AvgIpc) is 2.68. The second-order valence-corrected chi connectivity index (χ2v) is 8.89. The molecule has 30 heavy (non-hydrogen) atoms. The number of aryl methyl sites for hydroxylation is 1. The lowest BCUT2D eigenvalue weighted by Crippen LogP contribution is -2.24. The van der Waals surface area contributed by atoms with Gasteiger partial charge in [0.25, 0.3) is 5.69 Å². The van der Waals surface area contributed by atoms with Crippen LogP contribution in [0.4, 0.5) is 17.1 Å². The molecule has 0 spiro atoms. The Kier molecular flexibility index (Phi) is 7.00. The molecule has 2 aromatic rings. The third-order valence-corrected chi connectivity index (χ3v) is 6.33. The quantitative estimate of drug-likeness (QED) is 0.480. The largest absolute Gasteiger partial charge is 0.496 e. The van der Waals surface area contributed by atoms with E-state index >= 15 is 0 Å². The van der Waals surface area contributed by atoms with E-state index in [0.717, 1.165) is 15.4 Å². The number of nitrogens with one attached hydrogen (secondary N) is 2. The molecule has 0 atom stereocenters. The molecule has 0 saturated heterocycles. The van der Waals surface area contributed by atoms with Gasteiger partial charge in [-0.25, -0.2) is 12.7 Å². The van der Waals surface area contributed by atoms with Gasteiger partial charge in [0.05, 0.1) is 29.5 Å². The number of hydrogen-bond acceptors (Lipinski definition) is 7. The van der Waals surface area contributed by atoms with Crippen molar-refractivity contribution in [2.24, 2.45) is 0 Å². The highest BCUT2D eigenvalue weighted by molar-refractivity contribution is 7.89. The fourth-order valence-electron chi connectivity index (χ4n) is 2.63. The van der Waals surface area contributed by atoms with Crippen molar-refractivity contribution in [3.05, 3.63) is 51.6 Å². The summed E-state index contributed by atoms with van der Waals surface area (Å²) in [6.45, 7) is 3.36. The maximum Gasteiger partial charge on any atom is 0.296 e. The van der Waals surface area contributed by atoms with Gasteiger partial charge in [0.15, 0.2) is 0 Å². The van der Waals surface area contributed by atoms with Gasteiger partial charge < -0.3 is 15.4 Å². The summed E-state index contributed by atoms with van der Waals surface area (Å²) in [6, 6.07) is 7.12. The van der Waals surface area contributed by atoms with Crippen molar-refractivity contribution in [2.45, 2.75) is 18.7 Å². The number of sulfonamides is 1. The van der Waals surface area contributed by atoms with Crippen LogP contribution in [-0.2, 0) is 14.8 Å². The van der Waals surface area contributed by atoms with Crippen molar-refractivity contribution in [3.63, 3.8) is 0 Å². The minimum Gasteiger partial charge on any atom is -0.496 e. The van der Waals surface area contributed by atoms with Crippen LogP contribution in [0.5, 0.6) is 5.75 Å². The second-order valence-electron chi connectivity index (χ2n) is 6.74. The predicted octanol–water partition coefficient (Wildman–Crippen LogP) is 2.52. The van der Waals surface area contributed by atoms with Crippen LogP contribution >= 0.6 is 0 Å². The topological polar surface area (TPSA) is 131 Å². The highest BCUT2D eigenvalue weighted by Crippen LogP contribution is 2.29. The maximum absolute atomic E-state index is 12.4. The SMILES string of the molecule is COc1ccc(NC(=O)CNc2cc(S(=O)(=O)N(C)C)cc(C)c2C)c([N+](=O)[O-])c1. The van der Waals surface area contributed by atoms with Crippen LogP contribution in [-0.4, -0.2) is 51.3 Å².